The first-order valence-corrected chi connectivity index (χ1v) is 8.11. The van der Waals surface area contributed by atoms with Crippen molar-refractivity contribution in [2.45, 2.75) is 39.2 Å². The molecule has 0 aliphatic carbocycles. The summed E-state index contributed by atoms with van der Waals surface area (Å²) in [7, 11) is 0. The Morgan fingerprint density at radius 3 is 2.38 bits per heavy atom. The minimum atomic E-state index is -0.443. The van der Waals surface area contributed by atoms with Gasteiger partial charge in [0.2, 0.25) is 0 Å². The smallest absolute Gasteiger partial charge is 0.310 e. The van der Waals surface area contributed by atoms with Gasteiger partial charge in [0.25, 0.3) is 0 Å². The van der Waals surface area contributed by atoms with Crippen molar-refractivity contribution in [2.75, 3.05) is 0 Å². The molecule has 0 bridgehead atoms. The number of carbonyl (C=O) groups is 1. The van der Waals surface area contributed by atoms with E-state index in [1.165, 1.54) is 10.4 Å². The topological polar surface area (TPSA) is 26.3 Å². The lowest BCUT2D eigenvalue weighted by Gasteiger charge is -2.24. The summed E-state index contributed by atoms with van der Waals surface area (Å²) < 4.78 is 5.59. The Morgan fingerprint density at radius 1 is 1.10 bits per heavy atom. The van der Waals surface area contributed by atoms with Crippen LogP contribution in [0.2, 0.25) is 0 Å². The van der Waals surface area contributed by atoms with Gasteiger partial charge in [0.1, 0.15) is 5.60 Å². The zero-order chi connectivity index (χ0) is 15.3. The van der Waals surface area contributed by atoms with Gasteiger partial charge in [-0.2, -0.15) is 0 Å². The molecule has 1 aromatic carbocycles. The zero-order valence-electron chi connectivity index (χ0n) is 12.8. The van der Waals surface area contributed by atoms with E-state index in [2.05, 4.69) is 18.2 Å². The fourth-order valence-electron chi connectivity index (χ4n) is 2.19. The Hall–Kier alpha value is -1.61. The van der Waals surface area contributed by atoms with Gasteiger partial charge in [-0.25, -0.2) is 0 Å². The molecule has 0 unspecified atom stereocenters. The van der Waals surface area contributed by atoms with Crippen LogP contribution in [0.25, 0.3) is 0 Å². The highest BCUT2D eigenvalue weighted by atomic mass is 32.1. The van der Waals surface area contributed by atoms with Crippen molar-refractivity contribution in [1.82, 2.24) is 0 Å². The molecule has 0 N–H and O–H groups in total. The molecule has 1 atom stereocenters. The molecule has 2 nitrogen and oxygen atoms in total. The van der Waals surface area contributed by atoms with E-state index in [0.717, 1.165) is 6.42 Å². The predicted octanol–water partition coefficient (Wildman–Crippen LogP) is 4.49. The van der Waals surface area contributed by atoms with Gasteiger partial charge in [-0.15, -0.1) is 11.3 Å². The Labute approximate surface area is 130 Å². The van der Waals surface area contributed by atoms with Crippen LogP contribution in [0.1, 0.15) is 31.2 Å². The molecule has 2 rings (SSSR count). The molecule has 0 saturated heterocycles. The summed E-state index contributed by atoms with van der Waals surface area (Å²) in [5.74, 6) is -0.245. The largest absolute Gasteiger partial charge is 0.460 e. The third kappa shape index (κ3) is 5.35. The minimum Gasteiger partial charge on any atom is -0.460 e. The SMILES string of the molecule is CC(C)(C)OC(=O)[C@@H](Cc1ccccc1)Cc1cccs1. The molecule has 0 aliphatic heterocycles. The maximum atomic E-state index is 12.5. The summed E-state index contributed by atoms with van der Waals surface area (Å²) in [4.78, 5) is 13.7. The van der Waals surface area contributed by atoms with E-state index < -0.39 is 5.60 Å². The van der Waals surface area contributed by atoms with E-state index in [0.29, 0.717) is 6.42 Å². The maximum Gasteiger partial charge on any atom is 0.310 e. The molecule has 21 heavy (non-hydrogen) atoms. The van der Waals surface area contributed by atoms with Crippen molar-refractivity contribution in [2.24, 2.45) is 5.92 Å². The number of benzene rings is 1. The second kappa shape index (κ2) is 6.90. The summed E-state index contributed by atoms with van der Waals surface area (Å²) in [6.45, 7) is 5.74. The van der Waals surface area contributed by atoms with Crippen molar-refractivity contribution in [3.63, 3.8) is 0 Å². The van der Waals surface area contributed by atoms with Crippen LogP contribution in [0, 0.1) is 5.92 Å². The maximum absolute atomic E-state index is 12.5. The zero-order valence-corrected chi connectivity index (χ0v) is 13.7. The molecule has 0 amide bonds. The molecule has 0 saturated carbocycles. The standard InChI is InChI=1S/C18H22O2S/c1-18(2,3)20-17(19)15(13-16-10-7-11-21-16)12-14-8-5-4-6-9-14/h4-11,15H,12-13H2,1-3H3/t15-/m0/s1. The molecule has 0 aliphatic rings. The second-order valence-electron chi connectivity index (χ2n) is 6.20. The van der Waals surface area contributed by atoms with Gasteiger partial charge >= 0.3 is 5.97 Å². The van der Waals surface area contributed by atoms with Crippen molar-refractivity contribution < 1.29 is 9.53 Å². The number of hydrogen-bond donors (Lipinski definition) is 0. The van der Waals surface area contributed by atoms with Gasteiger partial charge in [-0.05, 0) is 50.6 Å². The van der Waals surface area contributed by atoms with E-state index in [1.807, 2.05) is 50.4 Å². The first-order valence-electron chi connectivity index (χ1n) is 7.23. The van der Waals surface area contributed by atoms with E-state index in [9.17, 15) is 4.79 Å². The van der Waals surface area contributed by atoms with Crippen LogP contribution in [0.3, 0.4) is 0 Å². The van der Waals surface area contributed by atoms with Gasteiger partial charge in [-0.1, -0.05) is 36.4 Å². The van der Waals surface area contributed by atoms with Crippen LogP contribution in [-0.2, 0) is 22.4 Å². The molecular weight excluding hydrogens is 280 g/mol. The van der Waals surface area contributed by atoms with Crippen molar-refractivity contribution in [3.05, 3.63) is 58.3 Å². The Balaban J connectivity index is 2.11. The molecular formula is C18H22O2S. The summed E-state index contributed by atoms with van der Waals surface area (Å²) in [6, 6.07) is 14.2. The van der Waals surface area contributed by atoms with Crippen LogP contribution >= 0.6 is 11.3 Å². The molecule has 0 fully saturated rings. The average molecular weight is 302 g/mol. The number of rotatable bonds is 5. The van der Waals surface area contributed by atoms with Crippen molar-refractivity contribution >= 4 is 17.3 Å². The highest BCUT2D eigenvalue weighted by Crippen LogP contribution is 2.21. The van der Waals surface area contributed by atoms with Gasteiger partial charge in [0, 0.05) is 4.88 Å². The number of esters is 1. The molecule has 112 valence electrons. The number of hydrogen-bond acceptors (Lipinski definition) is 3. The minimum absolute atomic E-state index is 0.111. The van der Waals surface area contributed by atoms with Crippen molar-refractivity contribution in [1.29, 1.82) is 0 Å². The number of ether oxygens (including phenoxy) is 1. The quantitative estimate of drug-likeness (QED) is 0.761. The van der Waals surface area contributed by atoms with Crippen LogP contribution < -0.4 is 0 Å². The number of carbonyl (C=O) groups excluding carboxylic acids is 1. The first-order chi connectivity index (χ1) is 9.94. The van der Waals surface area contributed by atoms with E-state index in [4.69, 9.17) is 4.74 Å². The Morgan fingerprint density at radius 2 is 1.81 bits per heavy atom. The summed E-state index contributed by atoms with van der Waals surface area (Å²) in [6.07, 6.45) is 1.45. The highest BCUT2D eigenvalue weighted by Gasteiger charge is 2.26. The third-order valence-electron chi connectivity index (χ3n) is 3.09. The molecule has 0 spiro atoms. The third-order valence-corrected chi connectivity index (χ3v) is 3.99. The molecule has 1 aromatic heterocycles. The molecule has 2 aromatic rings. The van der Waals surface area contributed by atoms with E-state index in [1.54, 1.807) is 11.3 Å². The molecule has 1 heterocycles. The summed E-state index contributed by atoms with van der Waals surface area (Å²) in [5, 5.41) is 2.05. The van der Waals surface area contributed by atoms with Gasteiger partial charge in [0.15, 0.2) is 0 Å². The van der Waals surface area contributed by atoms with Gasteiger partial charge in [0.05, 0.1) is 5.92 Å². The first kappa shape index (κ1) is 15.8. The van der Waals surface area contributed by atoms with Gasteiger partial charge in [-0.3, -0.25) is 4.79 Å². The second-order valence-corrected chi connectivity index (χ2v) is 7.24. The fraction of sp³-hybridized carbons (Fsp3) is 0.389. The van der Waals surface area contributed by atoms with Gasteiger partial charge < -0.3 is 4.74 Å². The Bertz CT molecular complexity index is 553. The highest BCUT2D eigenvalue weighted by molar-refractivity contribution is 7.09. The van der Waals surface area contributed by atoms with Crippen molar-refractivity contribution in [3.8, 4) is 0 Å². The van der Waals surface area contributed by atoms with Crippen LogP contribution in [0.15, 0.2) is 47.8 Å². The normalized spacial score (nSPS) is 12.9. The van der Waals surface area contributed by atoms with Crippen LogP contribution in [-0.4, -0.2) is 11.6 Å². The van der Waals surface area contributed by atoms with E-state index >= 15 is 0 Å². The average Bonchev–Trinajstić information content (AvgIpc) is 2.90. The summed E-state index contributed by atoms with van der Waals surface area (Å²) >= 11 is 1.69. The van der Waals surface area contributed by atoms with E-state index in [-0.39, 0.29) is 11.9 Å². The molecule has 0 radical (unpaired) electrons. The lowest BCUT2D eigenvalue weighted by atomic mass is 9.95. The molecule has 3 heteroatoms. The fourth-order valence-corrected chi connectivity index (χ4v) is 2.98. The lowest BCUT2D eigenvalue weighted by molar-refractivity contribution is -0.159. The Kier molecular flexibility index (Phi) is 5.18. The number of thiophene rings is 1. The van der Waals surface area contributed by atoms with Crippen LogP contribution in [0.4, 0.5) is 0 Å². The predicted molar refractivity (Wildman–Crippen MR) is 87.5 cm³/mol. The lowest BCUT2D eigenvalue weighted by Crippen LogP contribution is -2.30. The summed E-state index contributed by atoms with van der Waals surface area (Å²) in [5.41, 5.74) is 0.728. The monoisotopic (exact) mass is 302 g/mol. The van der Waals surface area contributed by atoms with Crippen LogP contribution in [0.5, 0.6) is 0 Å².